The van der Waals surface area contributed by atoms with Crippen LogP contribution in [0, 0.1) is 44.9 Å². The minimum absolute atomic E-state index is 0.0190. The Bertz CT molecular complexity index is 3330. The highest BCUT2D eigenvalue weighted by molar-refractivity contribution is 7.90. The van der Waals surface area contributed by atoms with Gasteiger partial charge in [0.15, 0.2) is 5.75 Å². The summed E-state index contributed by atoms with van der Waals surface area (Å²) in [6.07, 6.45) is 8.77. The van der Waals surface area contributed by atoms with Crippen LogP contribution in [0.1, 0.15) is 111 Å². The number of anilines is 2. The third kappa shape index (κ3) is 10.8. The van der Waals surface area contributed by atoms with Gasteiger partial charge in [-0.2, -0.15) is 4.98 Å². The summed E-state index contributed by atoms with van der Waals surface area (Å²) in [5.41, 5.74) is 3.52. The number of aliphatic hydroxyl groups is 1. The molecule has 0 radical (unpaired) electrons. The van der Waals surface area contributed by atoms with Crippen molar-refractivity contribution in [1.82, 2.24) is 29.5 Å². The SMILES string of the molecule is COc1nc2[nH]cc(F)c2cc1Oc1cc(N2CCC3(CC2)CC(N2CC4CN(Cc5ccc(F)cc5)CC4[C@H]2c2ccccc2C(C)C)C3)ccc1C(=O)NS(=O)(=O)c1cnc(NCC2CCC(C)(O)CC2)c([N+](=O)[O-])c1. The zero-order chi connectivity index (χ0) is 54.7. The van der Waals surface area contributed by atoms with Crippen LogP contribution in [0.25, 0.3) is 11.0 Å². The van der Waals surface area contributed by atoms with Crippen molar-refractivity contribution in [3.8, 4) is 17.4 Å². The van der Waals surface area contributed by atoms with Crippen molar-refractivity contribution < 1.29 is 41.5 Å². The van der Waals surface area contributed by atoms with Gasteiger partial charge < -0.3 is 29.8 Å². The number of H-pyrrole nitrogens is 1. The van der Waals surface area contributed by atoms with E-state index in [1.54, 1.807) is 31.2 Å². The van der Waals surface area contributed by atoms with Gasteiger partial charge in [0.05, 0.1) is 34.8 Å². The topological polar surface area (TPSA) is 208 Å². The average Bonchev–Trinajstić information content (AvgIpc) is 4.30. The number of carbonyl (C=O) groups excluding carboxylic acids is 1. The number of amides is 1. The molecule has 3 saturated heterocycles. The van der Waals surface area contributed by atoms with Crippen molar-refractivity contribution in [2.24, 2.45) is 23.2 Å². The van der Waals surface area contributed by atoms with E-state index in [4.69, 9.17) is 9.47 Å². The van der Waals surface area contributed by atoms with E-state index in [0.29, 0.717) is 62.1 Å². The van der Waals surface area contributed by atoms with Crippen molar-refractivity contribution >= 4 is 44.2 Å². The van der Waals surface area contributed by atoms with Crippen LogP contribution >= 0.6 is 0 Å². The standard InChI is InChI=1S/C58H67F2N9O8S/c1-35(2)43-7-5-6-8-44(43)52-47-34-66(31-37-9-11-39(59)12-10-37)32-38(47)33-68(52)41-26-58(27-41)19-21-67(22-20-58)40-13-14-45(50(23-40)77-51-25-46-48(60)30-63-53(46)64-56(51)76-4)55(70)65-78(74,75)42-24-49(69(72)73)54(62-29-42)61-28-36-15-17-57(3,71)18-16-36/h5-14,23-25,29-30,35-36,38,41,47,52,71H,15-22,26-28,31-34H2,1-4H3,(H,61,62)(H,63,64)(H,65,70)/t36?,38?,47?,52-,57?/m1/s1. The molecule has 1 spiro atoms. The van der Waals surface area contributed by atoms with Crippen LogP contribution in [-0.2, 0) is 16.6 Å². The van der Waals surface area contributed by atoms with Crippen LogP contribution in [0.2, 0.25) is 0 Å². The molecule has 3 aromatic heterocycles. The Kier molecular flexibility index (Phi) is 14.4. The number of ether oxygens (including phenoxy) is 2. The molecule has 2 saturated carbocycles. The summed E-state index contributed by atoms with van der Waals surface area (Å²) in [6.45, 7) is 12.0. The van der Waals surface area contributed by atoms with Crippen LogP contribution < -0.4 is 24.4 Å². The molecule has 3 aliphatic heterocycles. The van der Waals surface area contributed by atoms with Gasteiger partial charge in [-0.15, -0.1) is 0 Å². The molecule has 0 bridgehead atoms. The Morgan fingerprint density at radius 2 is 1.72 bits per heavy atom. The Labute approximate surface area is 452 Å². The molecular weight excluding hydrogens is 1020 g/mol. The number of nitrogens with zero attached hydrogens (tertiary/aromatic N) is 6. The number of hydrogen-bond donors (Lipinski definition) is 4. The smallest absolute Gasteiger partial charge is 0.312 e. The maximum Gasteiger partial charge on any atom is 0.312 e. The molecule has 5 aliphatic rings. The highest BCUT2D eigenvalue weighted by atomic mass is 32.2. The number of halogens is 2. The summed E-state index contributed by atoms with van der Waals surface area (Å²) in [7, 11) is -3.38. The monoisotopic (exact) mass is 1090 g/mol. The van der Waals surface area contributed by atoms with Crippen molar-refractivity contribution in [1.29, 1.82) is 0 Å². The molecule has 2 unspecified atom stereocenters. The third-order valence-corrected chi connectivity index (χ3v) is 18.8. The van der Waals surface area contributed by atoms with E-state index in [0.717, 1.165) is 94.7 Å². The molecule has 1 amide bonds. The molecule has 6 aromatic rings. The number of benzene rings is 3. The second-order valence-electron chi connectivity index (χ2n) is 23.1. The van der Waals surface area contributed by atoms with Gasteiger partial charge >= 0.3 is 5.69 Å². The number of carbonyl (C=O) groups is 1. The summed E-state index contributed by atoms with van der Waals surface area (Å²) in [4.78, 5) is 44.0. The van der Waals surface area contributed by atoms with Gasteiger partial charge in [0.25, 0.3) is 21.8 Å². The fourth-order valence-corrected chi connectivity index (χ4v) is 14.1. The predicted molar refractivity (Wildman–Crippen MR) is 291 cm³/mol. The average molecular weight is 1090 g/mol. The maximum absolute atomic E-state index is 14.9. The molecule has 20 heteroatoms. The van der Waals surface area contributed by atoms with E-state index < -0.39 is 42.9 Å². The highest BCUT2D eigenvalue weighted by Gasteiger charge is 2.55. The lowest BCUT2D eigenvalue weighted by molar-refractivity contribution is -0.384. The number of pyridine rings is 2. The van der Waals surface area contributed by atoms with Crippen LogP contribution in [0.3, 0.4) is 0 Å². The van der Waals surface area contributed by atoms with E-state index in [2.05, 4.69) is 77.8 Å². The lowest BCUT2D eigenvalue weighted by Crippen LogP contribution is -2.55. The normalized spacial score (nSPS) is 23.6. The van der Waals surface area contributed by atoms with Crippen molar-refractivity contribution in [3.63, 3.8) is 0 Å². The number of nitro groups is 1. The summed E-state index contributed by atoms with van der Waals surface area (Å²) in [6, 6.07) is 23.7. The summed E-state index contributed by atoms with van der Waals surface area (Å²) in [5, 5.41) is 25.7. The van der Waals surface area contributed by atoms with E-state index in [1.807, 2.05) is 12.1 Å². The molecular formula is C58H67F2N9O8S. The first-order valence-electron chi connectivity index (χ1n) is 27.1. The number of fused-ring (bicyclic) bond motifs is 2. The van der Waals surface area contributed by atoms with Crippen LogP contribution in [0.5, 0.6) is 17.4 Å². The quantitative estimate of drug-likeness (QED) is 0.0526. The molecule has 17 nitrogen and oxygen atoms in total. The van der Waals surface area contributed by atoms with Gasteiger partial charge in [0, 0.05) is 88.0 Å². The van der Waals surface area contributed by atoms with Crippen LogP contribution in [0.4, 0.5) is 26.0 Å². The highest BCUT2D eigenvalue weighted by Crippen LogP contribution is 2.57. The van der Waals surface area contributed by atoms with E-state index >= 15 is 0 Å². The fraction of sp³-hybridized carbons (Fsp3) is 0.466. The molecule has 3 atom stereocenters. The summed E-state index contributed by atoms with van der Waals surface area (Å²) >= 11 is 0. The zero-order valence-corrected chi connectivity index (χ0v) is 45.2. The Balaban J connectivity index is 0.804. The maximum atomic E-state index is 14.9. The lowest BCUT2D eigenvalue weighted by Gasteiger charge is -2.56. The molecule has 11 rings (SSSR count). The number of sulfonamides is 1. The van der Waals surface area contributed by atoms with Crippen molar-refractivity contribution in [2.75, 3.05) is 56.6 Å². The van der Waals surface area contributed by atoms with Gasteiger partial charge in [-0.05, 0) is 128 Å². The number of aromatic amines is 1. The van der Waals surface area contributed by atoms with Gasteiger partial charge in [-0.1, -0.05) is 50.2 Å². The second-order valence-corrected chi connectivity index (χ2v) is 24.8. The minimum atomic E-state index is -4.75. The van der Waals surface area contributed by atoms with Crippen LogP contribution in [0.15, 0.2) is 96.2 Å². The van der Waals surface area contributed by atoms with E-state index in [-0.39, 0.29) is 56.9 Å². The molecule has 2 aliphatic carbocycles. The summed E-state index contributed by atoms with van der Waals surface area (Å²) < 4.78 is 70.5. The first-order chi connectivity index (χ1) is 37.3. The number of piperidine rings is 1. The van der Waals surface area contributed by atoms with E-state index in [1.165, 1.54) is 30.4 Å². The first kappa shape index (κ1) is 53.3. The third-order valence-electron chi connectivity index (χ3n) is 17.5. The van der Waals surface area contributed by atoms with Gasteiger partial charge in [-0.25, -0.2) is 26.9 Å². The number of rotatable bonds is 16. The second kappa shape index (κ2) is 21.1. The summed E-state index contributed by atoms with van der Waals surface area (Å²) in [5.74, 6) is -0.604. The Hall–Kier alpha value is -6.74. The Morgan fingerprint density at radius 1 is 0.974 bits per heavy atom. The number of methoxy groups -OCH3 is 1. The lowest BCUT2D eigenvalue weighted by atomic mass is 9.59. The van der Waals surface area contributed by atoms with Crippen molar-refractivity contribution in [3.05, 3.63) is 135 Å². The van der Waals surface area contributed by atoms with Gasteiger partial charge in [0.2, 0.25) is 5.82 Å². The molecule has 3 aromatic carbocycles. The van der Waals surface area contributed by atoms with Gasteiger partial charge in [0.1, 0.15) is 27.9 Å². The molecule has 4 N–H and O–H groups in total. The van der Waals surface area contributed by atoms with Gasteiger partial charge in [-0.3, -0.25) is 24.7 Å². The number of aromatic nitrogens is 3. The van der Waals surface area contributed by atoms with Crippen molar-refractivity contribution in [2.45, 2.75) is 107 Å². The largest absolute Gasteiger partial charge is 0.478 e. The predicted octanol–water partition coefficient (Wildman–Crippen LogP) is 10.1. The Morgan fingerprint density at radius 3 is 2.44 bits per heavy atom. The molecule has 412 valence electrons. The minimum Gasteiger partial charge on any atom is -0.478 e. The number of likely N-dealkylation sites (tertiary alicyclic amines) is 2. The van der Waals surface area contributed by atoms with E-state index in [9.17, 15) is 37.2 Å². The first-order valence-corrected chi connectivity index (χ1v) is 28.6. The number of nitrogens with one attached hydrogen (secondary N) is 3. The van der Waals surface area contributed by atoms with Crippen LogP contribution in [-0.4, -0.2) is 107 Å². The number of hydrogen-bond acceptors (Lipinski definition) is 14. The molecule has 6 heterocycles. The molecule has 78 heavy (non-hydrogen) atoms. The fourth-order valence-electron chi connectivity index (χ4n) is 13.2. The molecule has 5 fully saturated rings. The zero-order valence-electron chi connectivity index (χ0n) is 44.4.